The summed E-state index contributed by atoms with van der Waals surface area (Å²) in [6, 6.07) is 44.2. The fourth-order valence-electron chi connectivity index (χ4n) is 6.63. The fraction of sp³-hybridized carbons (Fsp3) is 0.0278. The monoisotopic (exact) mass is 497 g/mol. The van der Waals surface area contributed by atoms with Crippen molar-refractivity contribution in [3.63, 3.8) is 0 Å². The van der Waals surface area contributed by atoms with Crippen LogP contribution >= 0.6 is 0 Å². The maximum absolute atomic E-state index is 4.54. The van der Waals surface area contributed by atoms with Gasteiger partial charge in [0.15, 0.2) is 0 Å². The van der Waals surface area contributed by atoms with Crippen LogP contribution in [-0.4, -0.2) is 15.3 Å². The minimum Gasteiger partial charge on any atom is -0.309 e. The Hall–Kier alpha value is -5.15. The van der Waals surface area contributed by atoms with Gasteiger partial charge in [0.2, 0.25) is 0 Å². The van der Waals surface area contributed by atoms with E-state index in [9.17, 15) is 0 Å². The molecule has 0 atom stereocenters. The minimum atomic E-state index is 0.891. The second-order valence-corrected chi connectivity index (χ2v) is 10.4. The van der Waals surface area contributed by atoms with E-state index in [1.54, 1.807) is 0 Å². The Balaban J connectivity index is 1.49. The van der Waals surface area contributed by atoms with E-state index >= 15 is 0 Å². The molecule has 0 saturated carbocycles. The Bertz CT molecular complexity index is 2300. The molecule has 0 fully saturated rings. The highest BCUT2D eigenvalue weighted by Crippen LogP contribution is 2.43. The fourth-order valence-corrected chi connectivity index (χ4v) is 6.63. The molecular weight excluding hydrogens is 474 g/mol. The number of nitrogens with zero attached hydrogens (tertiary/aromatic N) is 3. The van der Waals surface area contributed by atoms with Crippen molar-refractivity contribution in [3.05, 3.63) is 127 Å². The summed E-state index contributed by atoms with van der Waals surface area (Å²) >= 11 is 0. The highest BCUT2D eigenvalue weighted by atomic mass is 15.0. The molecule has 1 aliphatic heterocycles. The molecule has 9 rings (SSSR count). The van der Waals surface area contributed by atoms with Crippen molar-refractivity contribution >= 4 is 66.3 Å². The van der Waals surface area contributed by atoms with Gasteiger partial charge < -0.3 is 9.13 Å². The van der Waals surface area contributed by atoms with Crippen molar-refractivity contribution in [2.75, 3.05) is 0 Å². The Kier molecular flexibility index (Phi) is 4.11. The number of aliphatic imine (C=N–C) groups is 1. The van der Waals surface area contributed by atoms with Gasteiger partial charge in [-0.2, -0.15) is 0 Å². The summed E-state index contributed by atoms with van der Waals surface area (Å²) in [5.41, 5.74) is 9.63. The van der Waals surface area contributed by atoms with E-state index in [2.05, 4.69) is 135 Å². The number of rotatable bonds is 2. The topological polar surface area (TPSA) is 22.2 Å². The number of hydrogen-bond donors (Lipinski definition) is 0. The van der Waals surface area contributed by atoms with Crippen LogP contribution in [0.15, 0.2) is 126 Å². The maximum atomic E-state index is 4.54. The number of aromatic nitrogens is 2. The maximum Gasteiger partial charge on any atom is 0.0663 e. The van der Waals surface area contributed by atoms with E-state index in [1.165, 1.54) is 71.3 Å². The Morgan fingerprint density at radius 3 is 2.03 bits per heavy atom. The van der Waals surface area contributed by atoms with Gasteiger partial charge in [0.25, 0.3) is 0 Å². The summed E-state index contributed by atoms with van der Waals surface area (Å²) in [5.74, 6) is 0. The molecule has 8 aromatic rings. The van der Waals surface area contributed by atoms with Crippen LogP contribution in [0, 0.1) is 0 Å². The molecule has 39 heavy (non-hydrogen) atoms. The Morgan fingerprint density at radius 1 is 0.487 bits per heavy atom. The first-order valence-electron chi connectivity index (χ1n) is 13.5. The Morgan fingerprint density at radius 2 is 1.18 bits per heavy atom. The Labute approximate surface area is 224 Å². The molecule has 0 amide bonds. The van der Waals surface area contributed by atoms with E-state index in [-0.39, 0.29) is 0 Å². The predicted molar refractivity (Wildman–Crippen MR) is 164 cm³/mol. The third kappa shape index (κ3) is 2.84. The lowest BCUT2D eigenvalue weighted by atomic mass is 10.0. The van der Waals surface area contributed by atoms with E-state index < -0.39 is 0 Å². The lowest BCUT2D eigenvalue weighted by Gasteiger charge is -2.10. The number of para-hydroxylation sites is 2. The van der Waals surface area contributed by atoms with Gasteiger partial charge in [-0.15, -0.1) is 0 Å². The molecule has 6 aromatic carbocycles. The smallest absolute Gasteiger partial charge is 0.0663 e. The molecular formula is C36H23N3. The van der Waals surface area contributed by atoms with Crippen LogP contribution in [0.4, 0.5) is 5.69 Å². The summed E-state index contributed by atoms with van der Waals surface area (Å²) in [6.45, 7) is 0. The second-order valence-electron chi connectivity index (χ2n) is 10.4. The molecule has 2 aromatic heterocycles. The molecule has 0 radical (unpaired) electrons. The van der Waals surface area contributed by atoms with Crippen LogP contribution in [0.1, 0.15) is 5.56 Å². The summed E-state index contributed by atoms with van der Waals surface area (Å²) in [7, 11) is 0. The van der Waals surface area contributed by atoms with E-state index in [0.29, 0.717) is 0 Å². The van der Waals surface area contributed by atoms with Gasteiger partial charge in [0, 0.05) is 45.6 Å². The van der Waals surface area contributed by atoms with Crippen molar-refractivity contribution in [1.82, 2.24) is 9.13 Å². The molecule has 3 heterocycles. The average Bonchev–Trinajstić information content (AvgIpc) is 3.68. The number of hydrogen-bond acceptors (Lipinski definition) is 1. The molecule has 1 aliphatic rings. The largest absolute Gasteiger partial charge is 0.309 e. The van der Waals surface area contributed by atoms with Crippen molar-refractivity contribution in [2.24, 2.45) is 4.99 Å². The van der Waals surface area contributed by atoms with Crippen LogP contribution in [0.2, 0.25) is 0 Å². The average molecular weight is 498 g/mol. The second kappa shape index (κ2) is 7.68. The standard InChI is InChI=1S/C36H23N3/c1-2-10-26(11-3-1)38-33-17-16-32-35(36(33)29-21-23-8-4-5-9-24(23)22-34(29)38)28-12-6-7-13-31(28)39(32)27-14-15-30-25(20-27)18-19-37-30/h1-17,19-22H,18H2. The molecule has 3 heteroatoms. The molecule has 3 nitrogen and oxygen atoms in total. The van der Waals surface area contributed by atoms with Gasteiger partial charge in [-0.3, -0.25) is 4.99 Å². The van der Waals surface area contributed by atoms with Gasteiger partial charge >= 0.3 is 0 Å². The van der Waals surface area contributed by atoms with Crippen molar-refractivity contribution in [2.45, 2.75) is 6.42 Å². The molecule has 182 valence electrons. The number of benzene rings is 6. The van der Waals surface area contributed by atoms with Crippen LogP contribution in [0.5, 0.6) is 0 Å². The van der Waals surface area contributed by atoms with Crippen LogP contribution < -0.4 is 0 Å². The van der Waals surface area contributed by atoms with Crippen molar-refractivity contribution < 1.29 is 0 Å². The molecule has 0 bridgehead atoms. The predicted octanol–water partition coefficient (Wildman–Crippen LogP) is 9.29. The zero-order valence-corrected chi connectivity index (χ0v) is 21.2. The summed E-state index contributed by atoms with van der Waals surface area (Å²) < 4.78 is 4.85. The van der Waals surface area contributed by atoms with Crippen LogP contribution in [-0.2, 0) is 6.42 Å². The zero-order chi connectivity index (χ0) is 25.5. The highest BCUT2D eigenvalue weighted by molar-refractivity contribution is 6.29. The molecule has 0 spiro atoms. The normalized spacial score (nSPS) is 12.9. The molecule has 0 aliphatic carbocycles. The zero-order valence-electron chi connectivity index (χ0n) is 21.2. The van der Waals surface area contributed by atoms with Gasteiger partial charge in [-0.05, 0) is 77.0 Å². The van der Waals surface area contributed by atoms with Gasteiger partial charge in [-0.1, -0.05) is 60.7 Å². The lowest BCUT2D eigenvalue weighted by Crippen LogP contribution is -1.95. The molecule has 0 N–H and O–H groups in total. The van der Waals surface area contributed by atoms with Crippen molar-refractivity contribution in [1.29, 1.82) is 0 Å². The molecule has 0 unspecified atom stereocenters. The first-order chi connectivity index (χ1) is 19.3. The third-order valence-corrected chi connectivity index (χ3v) is 8.31. The van der Waals surface area contributed by atoms with Crippen molar-refractivity contribution in [3.8, 4) is 11.4 Å². The third-order valence-electron chi connectivity index (χ3n) is 8.31. The summed E-state index contributed by atoms with van der Waals surface area (Å²) in [5, 5.41) is 7.67. The first-order valence-corrected chi connectivity index (χ1v) is 13.5. The highest BCUT2D eigenvalue weighted by Gasteiger charge is 2.21. The summed E-state index contributed by atoms with van der Waals surface area (Å²) in [6.07, 6.45) is 2.90. The number of fused-ring (bicyclic) bond motifs is 9. The SMILES string of the molecule is C1=Nc2ccc(-n3c4ccccc4c4c5c6cc7ccccc7cc6n(-c6ccccc6)c5ccc43)cc2C1. The minimum absolute atomic E-state index is 0.891. The van der Waals surface area contributed by atoms with E-state index in [0.717, 1.165) is 12.1 Å². The lowest BCUT2D eigenvalue weighted by molar-refractivity contribution is 1.16. The van der Waals surface area contributed by atoms with E-state index in [4.69, 9.17) is 0 Å². The summed E-state index contributed by atoms with van der Waals surface area (Å²) in [4.78, 5) is 4.54. The first kappa shape index (κ1) is 20.9. The van der Waals surface area contributed by atoms with Gasteiger partial charge in [0.05, 0.1) is 27.8 Å². The van der Waals surface area contributed by atoms with Crippen LogP contribution in [0.25, 0.3) is 65.8 Å². The van der Waals surface area contributed by atoms with E-state index in [1.807, 2.05) is 6.21 Å². The van der Waals surface area contributed by atoms with Crippen LogP contribution in [0.3, 0.4) is 0 Å². The van der Waals surface area contributed by atoms with Gasteiger partial charge in [-0.25, -0.2) is 0 Å². The van der Waals surface area contributed by atoms with Gasteiger partial charge in [0.1, 0.15) is 0 Å². The quantitative estimate of drug-likeness (QED) is 0.227. The molecule has 0 saturated heterocycles.